The van der Waals surface area contributed by atoms with Crippen LogP contribution >= 0.6 is 11.3 Å². The summed E-state index contributed by atoms with van der Waals surface area (Å²) in [7, 11) is 1.66. The number of amides is 2. The number of hydrogen-bond donors (Lipinski definition) is 1. The van der Waals surface area contributed by atoms with Gasteiger partial charge in [-0.05, 0) is 18.6 Å². The van der Waals surface area contributed by atoms with E-state index in [1.807, 2.05) is 31.2 Å². The molecule has 2 rings (SSSR count). The van der Waals surface area contributed by atoms with Gasteiger partial charge < -0.3 is 10.2 Å². The van der Waals surface area contributed by atoms with Crippen LogP contribution in [0, 0.1) is 0 Å². The molecule has 0 aliphatic heterocycles. The van der Waals surface area contributed by atoms with Gasteiger partial charge in [-0.2, -0.15) is 0 Å². The van der Waals surface area contributed by atoms with E-state index in [9.17, 15) is 9.59 Å². The molecule has 22 heavy (non-hydrogen) atoms. The van der Waals surface area contributed by atoms with Gasteiger partial charge in [-0.3, -0.25) is 9.59 Å². The second-order valence-corrected chi connectivity index (χ2v) is 6.29. The lowest BCUT2D eigenvalue weighted by molar-refractivity contribution is -0.134. The summed E-state index contributed by atoms with van der Waals surface area (Å²) in [5.41, 5.74) is 0.974. The van der Waals surface area contributed by atoms with E-state index < -0.39 is 0 Å². The second kappa shape index (κ2) is 7.89. The second-order valence-electron chi connectivity index (χ2n) is 5.18. The van der Waals surface area contributed by atoms with Crippen molar-refractivity contribution >= 4 is 33.4 Å². The molecule has 1 aromatic carbocycles. The summed E-state index contributed by atoms with van der Waals surface area (Å²) >= 11 is 1.61. The number of aryl methyl sites for hydroxylation is 1. The van der Waals surface area contributed by atoms with Gasteiger partial charge >= 0.3 is 0 Å². The third-order valence-electron chi connectivity index (χ3n) is 3.27. The first-order valence-electron chi connectivity index (χ1n) is 7.45. The highest BCUT2D eigenvalue weighted by Crippen LogP contribution is 2.22. The number of benzene rings is 1. The highest BCUT2D eigenvalue weighted by molar-refractivity contribution is 7.18. The molecule has 0 aliphatic rings. The van der Waals surface area contributed by atoms with Crippen LogP contribution < -0.4 is 5.32 Å². The number of para-hydroxylation sites is 1. The van der Waals surface area contributed by atoms with E-state index in [0.29, 0.717) is 19.4 Å². The first-order valence-corrected chi connectivity index (χ1v) is 8.27. The van der Waals surface area contributed by atoms with Crippen LogP contribution in [0.3, 0.4) is 0 Å². The van der Waals surface area contributed by atoms with E-state index >= 15 is 0 Å². The average Bonchev–Trinajstić information content (AvgIpc) is 2.93. The lowest BCUT2D eigenvalue weighted by atomic mass is 10.3. The Morgan fingerprint density at radius 1 is 1.32 bits per heavy atom. The summed E-state index contributed by atoms with van der Waals surface area (Å²) in [6.45, 7) is 2.75. The summed E-state index contributed by atoms with van der Waals surface area (Å²) in [6, 6.07) is 7.95. The Morgan fingerprint density at radius 3 is 2.82 bits per heavy atom. The molecule has 0 saturated carbocycles. The van der Waals surface area contributed by atoms with Crippen LogP contribution in [0.4, 0.5) is 0 Å². The number of fused-ring (bicyclic) bond motifs is 1. The molecule has 0 unspecified atom stereocenters. The van der Waals surface area contributed by atoms with Gasteiger partial charge in [0, 0.05) is 26.4 Å². The minimum Gasteiger partial charge on any atom is -0.355 e. The maximum Gasteiger partial charge on any atom is 0.239 e. The standard InChI is InChI=1S/C16H21N3O2S/c1-3-10-17-14(20)11-19(2)16(21)9-8-15-18-12-6-4-5-7-13(12)22-15/h4-7H,3,8-11H2,1-2H3,(H,17,20). The fraction of sp³-hybridized carbons (Fsp3) is 0.438. The molecule has 1 heterocycles. The quantitative estimate of drug-likeness (QED) is 0.851. The first-order chi connectivity index (χ1) is 10.6. The van der Waals surface area contributed by atoms with Crippen molar-refractivity contribution in [1.82, 2.24) is 15.2 Å². The zero-order chi connectivity index (χ0) is 15.9. The average molecular weight is 319 g/mol. The van der Waals surface area contributed by atoms with Crippen molar-refractivity contribution in [2.45, 2.75) is 26.2 Å². The van der Waals surface area contributed by atoms with Crippen molar-refractivity contribution < 1.29 is 9.59 Å². The Hall–Kier alpha value is -1.95. The molecule has 2 amide bonds. The molecule has 118 valence electrons. The summed E-state index contributed by atoms with van der Waals surface area (Å²) in [6.07, 6.45) is 1.87. The highest BCUT2D eigenvalue weighted by Gasteiger charge is 2.13. The van der Waals surface area contributed by atoms with Crippen molar-refractivity contribution in [1.29, 1.82) is 0 Å². The first kappa shape index (κ1) is 16.4. The molecule has 6 heteroatoms. The molecular formula is C16H21N3O2S. The summed E-state index contributed by atoms with van der Waals surface area (Å²) < 4.78 is 1.14. The van der Waals surface area contributed by atoms with Crippen molar-refractivity contribution in [3.05, 3.63) is 29.3 Å². The maximum atomic E-state index is 12.1. The number of carbonyl (C=O) groups is 2. The van der Waals surface area contributed by atoms with Crippen LogP contribution in [0.1, 0.15) is 24.8 Å². The van der Waals surface area contributed by atoms with Crippen molar-refractivity contribution in [3.8, 4) is 0 Å². The van der Waals surface area contributed by atoms with Crippen LogP contribution in [0.5, 0.6) is 0 Å². The van der Waals surface area contributed by atoms with Gasteiger partial charge in [-0.25, -0.2) is 4.98 Å². The predicted molar refractivity (Wildman–Crippen MR) is 88.9 cm³/mol. The lowest BCUT2D eigenvalue weighted by Gasteiger charge is -2.16. The Kier molecular flexibility index (Phi) is 5.89. The summed E-state index contributed by atoms with van der Waals surface area (Å²) in [5.74, 6) is -0.149. The molecule has 2 aromatic rings. The SMILES string of the molecule is CCCNC(=O)CN(C)C(=O)CCc1nc2ccccc2s1. The van der Waals surface area contributed by atoms with Gasteiger partial charge in [0.15, 0.2) is 0 Å². The molecule has 1 N–H and O–H groups in total. The molecule has 0 saturated heterocycles. The zero-order valence-corrected chi connectivity index (χ0v) is 13.8. The van der Waals surface area contributed by atoms with Gasteiger partial charge in [0.2, 0.25) is 11.8 Å². The Bertz CT molecular complexity index is 621. The molecular weight excluding hydrogens is 298 g/mol. The van der Waals surface area contributed by atoms with Gasteiger partial charge in [-0.1, -0.05) is 19.1 Å². The molecule has 5 nitrogen and oxygen atoms in total. The smallest absolute Gasteiger partial charge is 0.239 e. The molecule has 0 radical (unpaired) electrons. The largest absolute Gasteiger partial charge is 0.355 e. The van der Waals surface area contributed by atoms with Crippen molar-refractivity contribution in [3.63, 3.8) is 0 Å². The minimum atomic E-state index is -0.113. The monoisotopic (exact) mass is 319 g/mol. The van der Waals surface area contributed by atoms with Gasteiger partial charge in [0.25, 0.3) is 0 Å². The number of likely N-dealkylation sites (N-methyl/N-ethyl adjacent to an activating group) is 1. The highest BCUT2D eigenvalue weighted by atomic mass is 32.1. The normalized spacial score (nSPS) is 10.6. The Balaban J connectivity index is 1.82. The Labute approximate surface area is 134 Å². The zero-order valence-electron chi connectivity index (χ0n) is 13.0. The molecule has 0 atom stereocenters. The molecule has 0 bridgehead atoms. The van der Waals surface area contributed by atoms with Gasteiger partial charge in [0.1, 0.15) is 0 Å². The van der Waals surface area contributed by atoms with E-state index in [-0.39, 0.29) is 18.4 Å². The molecule has 0 spiro atoms. The van der Waals surface area contributed by atoms with Crippen LogP contribution in [-0.4, -0.2) is 41.8 Å². The summed E-state index contributed by atoms with van der Waals surface area (Å²) in [4.78, 5) is 29.6. The topological polar surface area (TPSA) is 62.3 Å². The molecule has 0 aliphatic carbocycles. The van der Waals surface area contributed by atoms with Gasteiger partial charge in [-0.15, -0.1) is 11.3 Å². The lowest BCUT2D eigenvalue weighted by Crippen LogP contribution is -2.38. The van der Waals surface area contributed by atoms with E-state index in [4.69, 9.17) is 0 Å². The number of aromatic nitrogens is 1. The fourth-order valence-electron chi connectivity index (χ4n) is 2.06. The minimum absolute atomic E-state index is 0.0362. The van der Waals surface area contributed by atoms with E-state index in [0.717, 1.165) is 21.6 Å². The van der Waals surface area contributed by atoms with Gasteiger partial charge in [0.05, 0.1) is 21.8 Å². The number of rotatable bonds is 7. The number of hydrogen-bond acceptors (Lipinski definition) is 4. The van der Waals surface area contributed by atoms with Crippen LogP contribution in [0.2, 0.25) is 0 Å². The third-order valence-corrected chi connectivity index (χ3v) is 4.37. The van der Waals surface area contributed by atoms with E-state index in [1.54, 1.807) is 18.4 Å². The number of thiazole rings is 1. The molecule has 1 aromatic heterocycles. The van der Waals surface area contributed by atoms with E-state index in [2.05, 4.69) is 10.3 Å². The Morgan fingerprint density at radius 2 is 2.09 bits per heavy atom. The predicted octanol–water partition coefficient (Wildman–Crippen LogP) is 2.21. The fourth-order valence-corrected chi connectivity index (χ4v) is 3.02. The van der Waals surface area contributed by atoms with Crippen LogP contribution in [0.15, 0.2) is 24.3 Å². The number of carbonyl (C=O) groups excluding carboxylic acids is 2. The van der Waals surface area contributed by atoms with Crippen molar-refractivity contribution in [2.75, 3.05) is 20.1 Å². The summed E-state index contributed by atoms with van der Waals surface area (Å²) in [5, 5.41) is 3.72. The molecule has 0 fully saturated rings. The van der Waals surface area contributed by atoms with Crippen LogP contribution in [0.25, 0.3) is 10.2 Å². The van der Waals surface area contributed by atoms with E-state index in [1.165, 1.54) is 4.90 Å². The van der Waals surface area contributed by atoms with Crippen LogP contribution in [-0.2, 0) is 16.0 Å². The number of nitrogens with one attached hydrogen (secondary N) is 1. The maximum absolute atomic E-state index is 12.1. The number of nitrogens with zero attached hydrogens (tertiary/aromatic N) is 2. The third kappa shape index (κ3) is 4.53. The van der Waals surface area contributed by atoms with Crippen molar-refractivity contribution in [2.24, 2.45) is 0 Å².